The average Bonchev–Trinajstić information content (AvgIpc) is 2.76. The summed E-state index contributed by atoms with van der Waals surface area (Å²) >= 11 is 0. The number of amides is 1. The molecule has 94 valence electrons. The van der Waals surface area contributed by atoms with Crippen LogP contribution in [0.3, 0.4) is 0 Å². The monoisotopic (exact) mass is 243 g/mol. The van der Waals surface area contributed by atoms with Crippen LogP contribution in [-0.2, 0) is 9.59 Å². The molecular weight excluding hydrogens is 226 g/mol. The SMILES string of the molecule is CC(=O)C1C(=O)N2c3ccccc3[C@H](C)[C@@H]2[C@H]1C. The molecule has 1 aromatic carbocycles. The van der Waals surface area contributed by atoms with Crippen LogP contribution < -0.4 is 4.90 Å². The zero-order valence-corrected chi connectivity index (χ0v) is 10.9. The van der Waals surface area contributed by atoms with Crippen LogP contribution in [0.5, 0.6) is 0 Å². The normalized spacial score (nSPS) is 33.5. The third-order valence-corrected chi connectivity index (χ3v) is 4.50. The lowest BCUT2D eigenvalue weighted by molar-refractivity contribution is -0.130. The summed E-state index contributed by atoms with van der Waals surface area (Å²) in [6.45, 7) is 5.70. The van der Waals surface area contributed by atoms with Crippen molar-refractivity contribution < 1.29 is 9.59 Å². The van der Waals surface area contributed by atoms with Gasteiger partial charge in [0, 0.05) is 17.6 Å². The molecule has 4 atom stereocenters. The van der Waals surface area contributed by atoms with E-state index in [1.54, 1.807) is 0 Å². The van der Waals surface area contributed by atoms with Crippen molar-refractivity contribution in [3.8, 4) is 0 Å². The highest BCUT2D eigenvalue weighted by atomic mass is 16.2. The number of hydrogen-bond donors (Lipinski definition) is 0. The van der Waals surface area contributed by atoms with Gasteiger partial charge in [-0.15, -0.1) is 0 Å². The van der Waals surface area contributed by atoms with E-state index in [0.717, 1.165) is 5.69 Å². The molecular formula is C15H17NO2. The highest BCUT2D eigenvalue weighted by Gasteiger charge is 2.54. The average molecular weight is 243 g/mol. The van der Waals surface area contributed by atoms with Gasteiger partial charge < -0.3 is 4.90 Å². The third kappa shape index (κ3) is 1.25. The maximum absolute atomic E-state index is 12.5. The molecule has 1 saturated heterocycles. The number of rotatable bonds is 1. The molecule has 2 aliphatic rings. The van der Waals surface area contributed by atoms with E-state index in [0.29, 0.717) is 5.92 Å². The number of nitrogens with zero attached hydrogens (tertiary/aromatic N) is 1. The number of Topliss-reactive ketones (excluding diaryl/α,β-unsaturated/α-hetero) is 1. The summed E-state index contributed by atoms with van der Waals surface area (Å²) in [5.41, 5.74) is 2.22. The fourth-order valence-corrected chi connectivity index (χ4v) is 3.73. The van der Waals surface area contributed by atoms with Crippen LogP contribution in [-0.4, -0.2) is 17.7 Å². The van der Waals surface area contributed by atoms with Gasteiger partial charge in [-0.1, -0.05) is 32.0 Å². The molecule has 1 unspecified atom stereocenters. The number of anilines is 1. The van der Waals surface area contributed by atoms with E-state index in [-0.39, 0.29) is 23.7 Å². The van der Waals surface area contributed by atoms with Gasteiger partial charge in [0.1, 0.15) is 11.7 Å². The molecule has 2 aliphatic heterocycles. The molecule has 0 radical (unpaired) electrons. The molecule has 1 amide bonds. The van der Waals surface area contributed by atoms with Crippen molar-refractivity contribution in [1.29, 1.82) is 0 Å². The van der Waals surface area contributed by atoms with E-state index in [1.807, 2.05) is 30.0 Å². The van der Waals surface area contributed by atoms with E-state index < -0.39 is 5.92 Å². The maximum atomic E-state index is 12.5. The molecule has 0 saturated carbocycles. The Labute approximate surface area is 107 Å². The van der Waals surface area contributed by atoms with Crippen molar-refractivity contribution in [3.05, 3.63) is 29.8 Å². The van der Waals surface area contributed by atoms with Crippen molar-refractivity contribution in [2.24, 2.45) is 11.8 Å². The third-order valence-electron chi connectivity index (χ3n) is 4.50. The van der Waals surface area contributed by atoms with Gasteiger partial charge >= 0.3 is 0 Å². The van der Waals surface area contributed by atoms with Crippen molar-refractivity contribution >= 4 is 17.4 Å². The molecule has 0 spiro atoms. The van der Waals surface area contributed by atoms with Gasteiger partial charge in [-0.2, -0.15) is 0 Å². The van der Waals surface area contributed by atoms with Gasteiger partial charge in [-0.05, 0) is 24.5 Å². The zero-order chi connectivity index (χ0) is 13.0. The molecule has 3 nitrogen and oxygen atoms in total. The first-order valence-corrected chi connectivity index (χ1v) is 6.46. The number of benzene rings is 1. The number of para-hydroxylation sites is 1. The van der Waals surface area contributed by atoms with E-state index >= 15 is 0 Å². The lowest BCUT2D eigenvalue weighted by atomic mass is 9.82. The van der Waals surface area contributed by atoms with Gasteiger partial charge in [0.15, 0.2) is 0 Å². The van der Waals surface area contributed by atoms with Gasteiger partial charge in [0.2, 0.25) is 5.91 Å². The van der Waals surface area contributed by atoms with Gasteiger partial charge in [0.25, 0.3) is 0 Å². The summed E-state index contributed by atoms with van der Waals surface area (Å²) in [6.07, 6.45) is 0. The molecule has 0 aromatic heterocycles. The first kappa shape index (κ1) is 11.5. The van der Waals surface area contributed by atoms with Gasteiger partial charge in [0.05, 0.1) is 0 Å². The molecule has 3 heteroatoms. The van der Waals surface area contributed by atoms with Crippen LogP contribution in [0.25, 0.3) is 0 Å². The smallest absolute Gasteiger partial charge is 0.238 e. The Morgan fingerprint density at radius 3 is 2.56 bits per heavy atom. The Kier molecular flexibility index (Phi) is 2.34. The van der Waals surface area contributed by atoms with E-state index in [4.69, 9.17) is 0 Å². The predicted octanol–water partition coefficient (Wildman–Crippen LogP) is 2.36. The zero-order valence-electron chi connectivity index (χ0n) is 10.9. The lowest BCUT2D eigenvalue weighted by Crippen LogP contribution is -2.32. The first-order valence-electron chi connectivity index (χ1n) is 6.46. The standard InChI is InChI=1S/C15H17NO2/c1-8-11-6-4-5-7-12(11)16-14(8)9(2)13(10(3)17)15(16)18/h4-9,13-14H,1-3H3/t8-,9-,13?,14+/m0/s1. The molecule has 2 heterocycles. The Bertz CT molecular complexity index is 537. The van der Waals surface area contributed by atoms with E-state index in [2.05, 4.69) is 13.0 Å². The molecule has 0 bridgehead atoms. The summed E-state index contributed by atoms with van der Waals surface area (Å²) in [6, 6.07) is 8.17. The fraction of sp³-hybridized carbons (Fsp3) is 0.467. The van der Waals surface area contributed by atoms with Crippen LogP contribution >= 0.6 is 0 Å². The van der Waals surface area contributed by atoms with Crippen LogP contribution in [0, 0.1) is 11.8 Å². The minimum absolute atomic E-state index is 0.00780. The number of fused-ring (bicyclic) bond motifs is 3. The van der Waals surface area contributed by atoms with E-state index in [9.17, 15) is 9.59 Å². The van der Waals surface area contributed by atoms with Crippen LogP contribution in [0.2, 0.25) is 0 Å². The van der Waals surface area contributed by atoms with Crippen molar-refractivity contribution in [1.82, 2.24) is 0 Å². The van der Waals surface area contributed by atoms with E-state index in [1.165, 1.54) is 12.5 Å². The molecule has 18 heavy (non-hydrogen) atoms. The highest BCUT2D eigenvalue weighted by molar-refractivity contribution is 6.11. The lowest BCUT2D eigenvalue weighted by Gasteiger charge is -2.21. The molecule has 3 rings (SSSR count). The summed E-state index contributed by atoms with van der Waals surface area (Å²) in [5, 5.41) is 0. The second-order valence-corrected chi connectivity index (χ2v) is 5.49. The predicted molar refractivity (Wildman–Crippen MR) is 69.5 cm³/mol. The van der Waals surface area contributed by atoms with Crippen molar-refractivity contribution in [3.63, 3.8) is 0 Å². The minimum Gasteiger partial charge on any atom is -0.308 e. The topological polar surface area (TPSA) is 37.4 Å². The van der Waals surface area contributed by atoms with Crippen LogP contribution in [0.15, 0.2) is 24.3 Å². The fourth-order valence-electron chi connectivity index (χ4n) is 3.73. The maximum Gasteiger partial charge on any atom is 0.238 e. The number of ketones is 1. The summed E-state index contributed by atoms with van der Waals surface area (Å²) in [7, 11) is 0. The Hall–Kier alpha value is -1.64. The molecule has 0 aliphatic carbocycles. The summed E-state index contributed by atoms with van der Waals surface area (Å²) in [5.74, 6) is -0.0731. The largest absolute Gasteiger partial charge is 0.308 e. The molecule has 1 fully saturated rings. The Morgan fingerprint density at radius 1 is 1.22 bits per heavy atom. The second kappa shape index (κ2) is 3.67. The number of carbonyl (C=O) groups is 2. The summed E-state index contributed by atoms with van der Waals surface area (Å²) < 4.78 is 0. The van der Waals surface area contributed by atoms with Gasteiger partial charge in [-0.3, -0.25) is 9.59 Å². The minimum atomic E-state index is -0.453. The quantitative estimate of drug-likeness (QED) is 0.710. The van der Waals surface area contributed by atoms with Crippen molar-refractivity contribution in [2.45, 2.75) is 32.7 Å². The first-order chi connectivity index (χ1) is 8.54. The molecule has 1 aromatic rings. The molecule has 0 N–H and O–H groups in total. The highest BCUT2D eigenvalue weighted by Crippen LogP contribution is 2.49. The number of carbonyl (C=O) groups excluding carboxylic acids is 2. The van der Waals surface area contributed by atoms with Gasteiger partial charge in [-0.25, -0.2) is 0 Å². The Balaban J connectivity index is 2.12. The van der Waals surface area contributed by atoms with Crippen LogP contribution in [0.1, 0.15) is 32.3 Å². The summed E-state index contributed by atoms with van der Waals surface area (Å²) in [4.78, 5) is 26.0. The second-order valence-electron chi connectivity index (χ2n) is 5.49. The van der Waals surface area contributed by atoms with Crippen molar-refractivity contribution in [2.75, 3.05) is 4.90 Å². The van der Waals surface area contributed by atoms with Crippen LogP contribution in [0.4, 0.5) is 5.69 Å². The number of hydrogen-bond acceptors (Lipinski definition) is 2. The Morgan fingerprint density at radius 2 is 1.89 bits per heavy atom.